The minimum Gasteiger partial charge on any atom is -0.496 e. The van der Waals surface area contributed by atoms with E-state index in [1.807, 2.05) is 0 Å². The number of benzene rings is 1. The third kappa shape index (κ3) is 3.74. The highest BCUT2D eigenvalue weighted by Crippen LogP contribution is 2.29. The molecule has 0 aliphatic heterocycles. The second kappa shape index (κ2) is 6.79. The first-order valence-electron chi connectivity index (χ1n) is 6.88. The molecule has 0 aromatic heterocycles. The second-order valence-corrected chi connectivity index (χ2v) is 5.42. The standard InChI is InChI=1S/C16H27NO/c1-7-17-15(8-11(2)3)14-9-13(5)16(18-6)10-12(14)4/h9-11,15,17H,7-8H2,1-6H3. The predicted octanol–water partition coefficient (Wildman–Crippen LogP) is 4.01. The minimum atomic E-state index is 0.444. The maximum Gasteiger partial charge on any atom is 0.122 e. The van der Waals surface area contributed by atoms with E-state index in [4.69, 9.17) is 4.74 Å². The Morgan fingerprint density at radius 1 is 1.17 bits per heavy atom. The molecule has 0 aliphatic rings. The average Bonchev–Trinajstić information content (AvgIpc) is 2.30. The van der Waals surface area contributed by atoms with Crippen LogP contribution in [0.2, 0.25) is 0 Å². The average molecular weight is 249 g/mol. The lowest BCUT2D eigenvalue weighted by atomic mass is 9.92. The summed E-state index contributed by atoms with van der Waals surface area (Å²) >= 11 is 0. The van der Waals surface area contributed by atoms with Crippen molar-refractivity contribution in [3.8, 4) is 5.75 Å². The Bertz CT molecular complexity index is 385. The number of methoxy groups -OCH3 is 1. The van der Waals surface area contributed by atoms with Gasteiger partial charge < -0.3 is 10.1 Å². The molecule has 2 nitrogen and oxygen atoms in total. The molecule has 0 fully saturated rings. The van der Waals surface area contributed by atoms with Gasteiger partial charge in [-0.3, -0.25) is 0 Å². The lowest BCUT2D eigenvalue weighted by molar-refractivity contribution is 0.408. The van der Waals surface area contributed by atoms with Crippen LogP contribution in [0.15, 0.2) is 12.1 Å². The van der Waals surface area contributed by atoms with Crippen LogP contribution in [-0.4, -0.2) is 13.7 Å². The molecule has 1 atom stereocenters. The van der Waals surface area contributed by atoms with Gasteiger partial charge in [-0.05, 0) is 55.5 Å². The van der Waals surface area contributed by atoms with Crippen molar-refractivity contribution in [2.24, 2.45) is 5.92 Å². The van der Waals surface area contributed by atoms with Gasteiger partial charge in [-0.2, -0.15) is 0 Å². The van der Waals surface area contributed by atoms with Crippen LogP contribution in [0.25, 0.3) is 0 Å². The predicted molar refractivity (Wildman–Crippen MR) is 78.3 cm³/mol. The molecule has 1 aromatic rings. The zero-order valence-corrected chi connectivity index (χ0v) is 12.6. The van der Waals surface area contributed by atoms with Gasteiger partial charge in [-0.15, -0.1) is 0 Å². The van der Waals surface area contributed by atoms with Gasteiger partial charge in [0.2, 0.25) is 0 Å². The first-order valence-corrected chi connectivity index (χ1v) is 6.88. The molecular formula is C16H27NO. The molecule has 0 saturated carbocycles. The van der Waals surface area contributed by atoms with E-state index in [-0.39, 0.29) is 0 Å². The molecule has 1 aromatic carbocycles. The summed E-state index contributed by atoms with van der Waals surface area (Å²) in [5.74, 6) is 1.67. The van der Waals surface area contributed by atoms with Crippen LogP contribution in [0.1, 0.15) is 49.9 Å². The van der Waals surface area contributed by atoms with Crippen molar-refractivity contribution in [3.63, 3.8) is 0 Å². The highest BCUT2D eigenvalue weighted by molar-refractivity contribution is 5.42. The first-order chi connectivity index (χ1) is 8.49. The molecule has 1 N–H and O–H groups in total. The van der Waals surface area contributed by atoms with Gasteiger partial charge in [-0.1, -0.05) is 26.8 Å². The third-order valence-corrected chi connectivity index (χ3v) is 3.32. The van der Waals surface area contributed by atoms with Gasteiger partial charge in [-0.25, -0.2) is 0 Å². The van der Waals surface area contributed by atoms with Crippen LogP contribution >= 0.6 is 0 Å². The topological polar surface area (TPSA) is 21.3 Å². The van der Waals surface area contributed by atoms with Gasteiger partial charge in [0, 0.05) is 6.04 Å². The van der Waals surface area contributed by atoms with Crippen LogP contribution in [0.3, 0.4) is 0 Å². The number of hydrogen-bond donors (Lipinski definition) is 1. The molecule has 0 heterocycles. The Labute approximate surface area is 112 Å². The van der Waals surface area contributed by atoms with E-state index in [0.29, 0.717) is 12.0 Å². The monoisotopic (exact) mass is 249 g/mol. The van der Waals surface area contributed by atoms with Crippen LogP contribution in [0.4, 0.5) is 0 Å². The Hall–Kier alpha value is -1.02. The fourth-order valence-corrected chi connectivity index (χ4v) is 2.45. The molecule has 0 amide bonds. The summed E-state index contributed by atoms with van der Waals surface area (Å²) in [6, 6.07) is 4.86. The Morgan fingerprint density at radius 3 is 2.33 bits per heavy atom. The maximum atomic E-state index is 5.38. The Kier molecular flexibility index (Phi) is 5.67. The van der Waals surface area contributed by atoms with Crippen LogP contribution in [-0.2, 0) is 0 Å². The van der Waals surface area contributed by atoms with E-state index < -0.39 is 0 Å². The molecule has 0 bridgehead atoms. The largest absolute Gasteiger partial charge is 0.496 e. The van der Waals surface area contributed by atoms with Crippen LogP contribution in [0, 0.1) is 19.8 Å². The smallest absolute Gasteiger partial charge is 0.122 e. The molecule has 1 rings (SSSR count). The molecule has 0 aliphatic carbocycles. The normalized spacial score (nSPS) is 12.8. The quantitative estimate of drug-likeness (QED) is 0.822. The van der Waals surface area contributed by atoms with E-state index in [1.165, 1.54) is 23.1 Å². The molecule has 0 spiro atoms. The molecule has 2 heteroatoms. The summed E-state index contributed by atoms with van der Waals surface area (Å²) in [5, 5.41) is 3.59. The number of aryl methyl sites for hydroxylation is 2. The number of rotatable bonds is 6. The number of nitrogens with one attached hydrogen (secondary N) is 1. The van der Waals surface area contributed by atoms with Crippen molar-refractivity contribution >= 4 is 0 Å². The molecule has 18 heavy (non-hydrogen) atoms. The summed E-state index contributed by atoms with van der Waals surface area (Å²) in [7, 11) is 1.73. The number of ether oxygens (including phenoxy) is 1. The molecule has 0 saturated heterocycles. The fourth-order valence-electron chi connectivity index (χ4n) is 2.45. The second-order valence-electron chi connectivity index (χ2n) is 5.42. The zero-order valence-electron chi connectivity index (χ0n) is 12.6. The summed E-state index contributed by atoms with van der Waals surface area (Å²) in [5.41, 5.74) is 3.93. The van der Waals surface area contributed by atoms with Gasteiger partial charge in [0.1, 0.15) is 5.75 Å². The highest BCUT2D eigenvalue weighted by Gasteiger charge is 2.16. The summed E-state index contributed by atoms with van der Waals surface area (Å²) in [6.07, 6.45) is 1.17. The Morgan fingerprint density at radius 2 is 1.83 bits per heavy atom. The van der Waals surface area contributed by atoms with Gasteiger partial charge >= 0.3 is 0 Å². The Balaban J connectivity index is 3.07. The maximum absolute atomic E-state index is 5.38. The molecular weight excluding hydrogens is 222 g/mol. The SMILES string of the molecule is CCNC(CC(C)C)c1cc(C)c(OC)cc1C. The van der Waals surface area contributed by atoms with E-state index in [0.717, 1.165) is 12.3 Å². The van der Waals surface area contributed by atoms with Crippen molar-refractivity contribution in [2.45, 2.75) is 47.1 Å². The number of hydrogen-bond acceptors (Lipinski definition) is 2. The van der Waals surface area contributed by atoms with Crippen LogP contribution < -0.4 is 10.1 Å². The van der Waals surface area contributed by atoms with Gasteiger partial charge in [0.15, 0.2) is 0 Å². The van der Waals surface area contributed by atoms with Crippen molar-refractivity contribution in [3.05, 3.63) is 28.8 Å². The third-order valence-electron chi connectivity index (χ3n) is 3.32. The van der Waals surface area contributed by atoms with Gasteiger partial charge in [0.05, 0.1) is 7.11 Å². The van der Waals surface area contributed by atoms with Gasteiger partial charge in [0.25, 0.3) is 0 Å². The summed E-state index contributed by atoms with van der Waals surface area (Å²) in [6.45, 7) is 12.0. The zero-order chi connectivity index (χ0) is 13.7. The molecule has 1 unspecified atom stereocenters. The van der Waals surface area contributed by atoms with Crippen molar-refractivity contribution in [1.29, 1.82) is 0 Å². The summed E-state index contributed by atoms with van der Waals surface area (Å²) < 4.78 is 5.38. The van der Waals surface area contributed by atoms with Crippen molar-refractivity contribution < 1.29 is 4.74 Å². The minimum absolute atomic E-state index is 0.444. The molecule has 102 valence electrons. The van der Waals surface area contributed by atoms with Crippen molar-refractivity contribution in [2.75, 3.05) is 13.7 Å². The summed E-state index contributed by atoms with van der Waals surface area (Å²) in [4.78, 5) is 0. The highest BCUT2D eigenvalue weighted by atomic mass is 16.5. The van der Waals surface area contributed by atoms with E-state index in [2.05, 4.69) is 52.1 Å². The molecule has 0 radical (unpaired) electrons. The van der Waals surface area contributed by atoms with E-state index in [1.54, 1.807) is 7.11 Å². The van der Waals surface area contributed by atoms with E-state index >= 15 is 0 Å². The fraction of sp³-hybridized carbons (Fsp3) is 0.625. The van der Waals surface area contributed by atoms with E-state index in [9.17, 15) is 0 Å². The first kappa shape index (κ1) is 15.0. The van der Waals surface area contributed by atoms with Crippen LogP contribution in [0.5, 0.6) is 5.75 Å². The lowest BCUT2D eigenvalue weighted by Crippen LogP contribution is -2.23. The lowest BCUT2D eigenvalue weighted by Gasteiger charge is -2.23. The van der Waals surface area contributed by atoms with Crippen molar-refractivity contribution in [1.82, 2.24) is 5.32 Å².